The largest absolute Gasteiger partial charge is 0.433 e. The van der Waals surface area contributed by atoms with Crippen LogP contribution in [-0.2, 0) is 19.1 Å². The van der Waals surface area contributed by atoms with E-state index in [0.717, 1.165) is 6.07 Å². The van der Waals surface area contributed by atoms with E-state index in [0.29, 0.717) is 0 Å². The maximum absolute atomic E-state index is 12.9. The standard InChI is InChI=1S/C17H21F2N5O6/c1-2-21-17(28)23-13(14(20)26)15(27)22-9-3-4-10(11(7-9)30-16(18)19)24-5-6-29-8-12(24)25/h3-4,7,13,16H,2,5-6,8H2,1H3,(H2,20,26)(H,22,27)(H2,21,23,28)/t13-/m1/s1. The van der Waals surface area contributed by atoms with Crippen LogP contribution in [0.1, 0.15) is 6.92 Å². The molecule has 1 atom stereocenters. The van der Waals surface area contributed by atoms with E-state index >= 15 is 0 Å². The van der Waals surface area contributed by atoms with E-state index in [1.165, 1.54) is 17.0 Å². The zero-order valence-corrected chi connectivity index (χ0v) is 15.9. The lowest BCUT2D eigenvalue weighted by Gasteiger charge is -2.28. The third kappa shape index (κ3) is 6.01. The summed E-state index contributed by atoms with van der Waals surface area (Å²) < 4.78 is 35.2. The number of anilines is 2. The molecule has 13 heteroatoms. The average Bonchev–Trinajstić information content (AvgIpc) is 2.66. The lowest BCUT2D eigenvalue weighted by molar-refractivity contribution is -0.128. The van der Waals surface area contributed by atoms with Crippen LogP contribution in [0.25, 0.3) is 0 Å². The number of morpholine rings is 1. The predicted molar refractivity (Wildman–Crippen MR) is 100 cm³/mol. The van der Waals surface area contributed by atoms with Crippen molar-refractivity contribution in [2.24, 2.45) is 5.73 Å². The Morgan fingerprint density at radius 3 is 2.67 bits per heavy atom. The smallest absolute Gasteiger partial charge is 0.387 e. The SMILES string of the molecule is CCNC(=O)N[C@H](C(N)=O)C(=O)Nc1ccc(N2CCOCC2=O)c(OC(F)F)c1. The Hall–Kier alpha value is -3.48. The summed E-state index contributed by atoms with van der Waals surface area (Å²) in [5, 5.41) is 6.73. The Kier molecular flexibility index (Phi) is 7.86. The van der Waals surface area contributed by atoms with Crippen LogP contribution in [0, 0.1) is 0 Å². The second kappa shape index (κ2) is 10.3. The number of alkyl halides is 2. The number of primary amides is 1. The molecule has 2 rings (SSSR count). The lowest BCUT2D eigenvalue weighted by Crippen LogP contribution is -2.54. The van der Waals surface area contributed by atoms with E-state index in [1.807, 2.05) is 0 Å². The maximum Gasteiger partial charge on any atom is 0.387 e. The van der Waals surface area contributed by atoms with Gasteiger partial charge in [-0.3, -0.25) is 14.4 Å². The van der Waals surface area contributed by atoms with Gasteiger partial charge in [-0.15, -0.1) is 0 Å². The summed E-state index contributed by atoms with van der Waals surface area (Å²) in [6.45, 7) is -1.19. The molecule has 1 aliphatic rings. The van der Waals surface area contributed by atoms with E-state index in [9.17, 15) is 28.0 Å². The van der Waals surface area contributed by atoms with E-state index in [-0.39, 0.29) is 43.4 Å². The zero-order valence-electron chi connectivity index (χ0n) is 15.9. The second-order valence-corrected chi connectivity index (χ2v) is 5.99. The molecule has 0 unspecified atom stereocenters. The van der Waals surface area contributed by atoms with Crippen LogP contribution in [0.3, 0.4) is 0 Å². The Morgan fingerprint density at radius 2 is 2.07 bits per heavy atom. The quantitative estimate of drug-likeness (QED) is 0.419. The molecule has 1 aromatic carbocycles. The minimum atomic E-state index is -3.19. The van der Waals surface area contributed by atoms with E-state index in [4.69, 9.17) is 10.5 Å². The first-order valence-electron chi connectivity index (χ1n) is 8.84. The normalized spacial score (nSPS) is 14.8. The van der Waals surface area contributed by atoms with Gasteiger partial charge in [0.1, 0.15) is 6.61 Å². The number of hydrogen-bond donors (Lipinski definition) is 4. The summed E-state index contributed by atoms with van der Waals surface area (Å²) in [7, 11) is 0. The number of nitrogens with zero attached hydrogens (tertiary/aromatic N) is 1. The molecule has 0 aliphatic carbocycles. The van der Waals surface area contributed by atoms with Gasteiger partial charge >= 0.3 is 12.6 Å². The van der Waals surface area contributed by atoms with Crippen LogP contribution in [0.5, 0.6) is 5.75 Å². The van der Waals surface area contributed by atoms with Gasteiger partial charge in [-0.25, -0.2) is 4.79 Å². The molecule has 1 aliphatic heterocycles. The summed E-state index contributed by atoms with van der Waals surface area (Å²) in [6.07, 6.45) is 0. The van der Waals surface area contributed by atoms with Crippen molar-refractivity contribution in [1.82, 2.24) is 10.6 Å². The highest BCUT2D eigenvalue weighted by molar-refractivity contribution is 6.11. The molecular weight excluding hydrogens is 408 g/mol. The van der Waals surface area contributed by atoms with Crippen LogP contribution >= 0.6 is 0 Å². The molecule has 30 heavy (non-hydrogen) atoms. The Labute approximate surface area is 169 Å². The van der Waals surface area contributed by atoms with Gasteiger partial charge in [0.15, 0.2) is 11.8 Å². The molecule has 0 bridgehead atoms. The van der Waals surface area contributed by atoms with Crippen molar-refractivity contribution >= 4 is 35.1 Å². The van der Waals surface area contributed by atoms with Crippen molar-refractivity contribution in [3.05, 3.63) is 18.2 Å². The first kappa shape index (κ1) is 22.8. The van der Waals surface area contributed by atoms with Crippen molar-refractivity contribution in [1.29, 1.82) is 0 Å². The van der Waals surface area contributed by atoms with Gasteiger partial charge in [0.2, 0.25) is 5.91 Å². The zero-order chi connectivity index (χ0) is 22.3. The minimum absolute atomic E-state index is 0.0240. The van der Waals surface area contributed by atoms with Gasteiger partial charge in [-0.1, -0.05) is 0 Å². The molecule has 0 aromatic heterocycles. The monoisotopic (exact) mass is 429 g/mol. The average molecular weight is 429 g/mol. The van der Waals surface area contributed by atoms with Gasteiger partial charge in [0.05, 0.1) is 12.3 Å². The van der Waals surface area contributed by atoms with Crippen LogP contribution < -0.4 is 31.3 Å². The van der Waals surface area contributed by atoms with Gasteiger partial charge in [-0.2, -0.15) is 8.78 Å². The number of benzene rings is 1. The summed E-state index contributed by atoms with van der Waals surface area (Å²) >= 11 is 0. The number of nitrogens with one attached hydrogen (secondary N) is 3. The predicted octanol–water partition coefficient (Wildman–Crippen LogP) is -0.237. The number of hydrogen-bond acceptors (Lipinski definition) is 6. The minimum Gasteiger partial charge on any atom is -0.433 e. The summed E-state index contributed by atoms with van der Waals surface area (Å²) in [4.78, 5) is 48.7. The fraction of sp³-hybridized carbons (Fsp3) is 0.412. The molecule has 11 nitrogen and oxygen atoms in total. The van der Waals surface area contributed by atoms with Gasteiger partial charge in [0, 0.05) is 24.8 Å². The van der Waals surface area contributed by atoms with Crippen LogP contribution in [0.4, 0.5) is 25.0 Å². The highest BCUT2D eigenvalue weighted by atomic mass is 19.3. The number of amides is 5. The molecule has 0 radical (unpaired) electrons. The fourth-order valence-corrected chi connectivity index (χ4v) is 2.60. The molecule has 0 spiro atoms. The highest BCUT2D eigenvalue weighted by Crippen LogP contribution is 2.33. The third-order valence-corrected chi connectivity index (χ3v) is 3.88. The Balaban J connectivity index is 2.24. The van der Waals surface area contributed by atoms with Crippen molar-refractivity contribution in [2.75, 3.05) is 36.5 Å². The van der Waals surface area contributed by atoms with Crippen molar-refractivity contribution < 1.29 is 37.4 Å². The highest BCUT2D eigenvalue weighted by Gasteiger charge is 2.28. The molecule has 5 N–H and O–H groups in total. The third-order valence-electron chi connectivity index (χ3n) is 3.88. The van der Waals surface area contributed by atoms with Gasteiger partial charge in [0.25, 0.3) is 11.8 Å². The van der Waals surface area contributed by atoms with E-state index < -0.39 is 36.4 Å². The topological polar surface area (TPSA) is 152 Å². The molecule has 1 heterocycles. The van der Waals surface area contributed by atoms with Crippen molar-refractivity contribution in [2.45, 2.75) is 19.6 Å². The maximum atomic E-state index is 12.9. The number of urea groups is 1. The first-order valence-corrected chi connectivity index (χ1v) is 8.84. The van der Waals surface area contributed by atoms with Crippen molar-refractivity contribution in [3.63, 3.8) is 0 Å². The van der Waals surface area contributed by atoms with Crippen LogP contribution in [-0.4, -0.2) is 62.7 Å². The molecule has 164 valence electrons. The van der Waals surface area contributed by atoms with E-state index in [1.54, 1.807) is 6.92 Å². The summed E-state index contributed by atoms with van der Waals surface area (Å²) in [6, 6.07) is 1.17. The fourth-order valence-electron chi connectivity index (χ4n) is 2.60. The second-order valence-electron chi connectivity index (χ2n) is 5.99. The molecule has 1 aromatic rings. The van der Waals surface area contributed by atoms with E-state index in [2.05, 4.69) is 20.7 Å². The molecule has 1 saturated heterocycles. The number of nitrogens with two attached hydrogens (primary N) is 1. The lowest BCUT2D eigenvalue weighted by atomic mass is 10.2. The Bertz CT molecular complexity index is 822. The van der Waals surface area contributed by atoms with Crippen molar-refractivity contribution in [3.8, 4) is 5.75 Å². The Morgan fingerprint density at radius 1 is 1.33 bits per heavy atom. The molecule has 0 saturated carbocycles. The molecule has 5 amide bonds. The number of ether oxygens (including phenoxy) is 2. The number of halogens is 2. The van der Waals surface area contributed by atoms with Crippen LogP contribution in [0.15, 0.2) is 18.2 Å². The summed E-state index contributed by atoms with van der Waals surface area (Å²) in [5.74, 6) is -2.94. The molecular formula is C17H21F2N5O6. The van der Waals surface area contributed by atoms with Crippen LogP contribution in [0.2, 0.25) is 0 Å². The number of carbonyl (C=O) groups is 4. The first-order chi connectivity index (χ1) is 14.2. The number of rotatable bonds is 8. The summed E-state index contributed by atoms with van der Waals surface area (Å²) in [5.41, 5.74) is 5.19. The molecule has 1 fully saturated rings. The number of carbonyl (C=O) groups excluding carboxylic acids is 4. The van der Waals surface area contributed by atoms with Gasteiger partial charge < -0.3 is 36.1 Å². The van der Waals surface area contributed by atoms with Gasteiger partial charge in [-0.05, 0) is 19.1 Å².